The number of halogens is 1. The maximum atomic E-state index is 3.62. The summed E-state index contributed by atoms with van der Waals surface area (Å²) in [5, 5.41) is 3.62. The number of aryl methyl sites for hydroxylation is 1. The van der Waals surface area contributed by atoms with Crippen LogP contribution in [0, 0.1) is 6.92 Å². The summed E-state index contributed by atoms with van der Waals surface area (Å²) in [6.45, 7) is 5.38. The molecule has 0 bridgehead atoms. The minimum absolute atomic E-state index is 0.403. The third kappa shape index (κ3) is 2.99. The van der Waals surface area contributed by atoms with Gasteiger partial charge in [-0.1, -0.05) is 40.6 Å². The summed E-state index contributed by atoms with van der Waals surface area (Å²) in [6, 6.07) is 6.96. The number of benzene rings is 1. The molecule has 0 aromatic heterocycles. The van der Waals surface area contributed by atoms with Crippen LogP contribution in [0.4, 0.5) is 0 Å². The Hall–Kier alpha value is -0.600. The minimum atomic E-state index is 0.403. The lowest BCUT2D eigenvalue weighted by Gasteiger charge is -2.22. The van der Waals surface area contributed by atoms with E-state index in [4.69, 9.17) is 0 Å². The zero-order valence-electron chi connectivity index (χ0n) is 10.6. The number of nitrogens with one attached hydrogen (secondary N) is 1. The molecule has 0 fully saturated rings. The second-order valence-corrected chi connectivity index (χ2v) is 5.58. The molecule has 17 heavy (non-hydrogen) atoms. The predicted octanol–water partition coefficient (Wildman–Crippen LogP) is 4.52. The first-order chi connectivity index (χ1) is 8.22. The van der Waals surface area contributed by atoms with Crippen LogP contribution in [0.15, 0.2) is 34.3 Å². The molecule has 1 aromatic rings. The Bertz CT molecular complexity index is 423. The Labute approximate surface area is 112 Å². The summed E-state index contributed by atoms with van der Waals surface area (Å²) in [5.41, 5.74) is 4.34. The van der Waals surface area contributed by atoms with Crippen LogP contribution in [0.3, 0.4) is 0 Å². The summed E-state index contributed by atoms with van der Waals surface area (Å²) in [4.78, 5) is 0. The van der Waals surface area contributed by atoms with Gasteiger partial charge in [-0.15, -0.1) is 0 Å². The van der Waals surface area contributed by atoms with Crippen molar-refractivity contribution in [1.29, 1.82) is 0 Å². The van der Waals surface area contributed by atoms with Crippen molar-refractivity contribution < 1.29 is 0 Å². The molecule has 0 saturated heterocycles. The smallest absolute Gasteiger partial charge is 0.0538 e. The van der Waals surface area contributed by atoms with Crippen LogP contribution in [0.5, 0.6) is 0 Å². The Morgan fingerprint density at radius 2 is 2.24 bits per heavy atom. The molecule has 2 rings (SSSR count). The zero-order valence-corrected chi connectivity index (χ0v) is 12.2. The lowest BCUT2D eigenvalue weighted by atomic mass is 9.94. The Kier molecular flexibility index (Phi) is 4.41. The van der Waals surface area contributed by atoms with E-state index in [1.165, 1.54) is 34.9 Å². The lowest BCUT2D eigenvalue weighted by molar-refractivity contribution is 0.602. The molecule has 1 unspecified atom stereocenters. The van der Waals surface area contributed by atoms with Crippen molar-refractivity contribution in [3.63, 3.8) is 0 Å². The van der Waals surface area contributed by atoms with Crippen LogP contribution in [-0.4, -0.2) is 6.54 Å². The fourth-order valence-electron chi connectivity index (χ4n) is 2.53. The molecule has 1 nitrogen and oxygen atoms in total. The molecule has 0 aliphatic heterocycles. The number of rotatable bonds is 4. The fourth-order valence-corrected chi connectivity index (χ4v) is 2.90. The van der Waals surface area contributed by atoms with Crippen molar-refractivity contribution in [2.75, 3.05) is 6.54 Å². The molecule has 0 heterocycles. The molecular weight excluding hydrogens is 274 g/mol. The van der Waals surface area contributed by atoms with Gasteiger partial charge in [0.05, 0.1) is 6.04 Å². The average Bonchev–Trinajstić information content (AvgIpc) is 2.83. The second kappa shape index (κ2) is 5.83. The third-order valence-electron chi connectivity index (χ3n) is 3.41. The van der Waals surface area contributed by atoms with Crippen LogP contribution in [0.1, 0.15) is 43.4 Å². The van der Waals surface area contributed by atoms with Crippen LogP contribution < -0.4 is 5.32 Å². The third-order valence-corrected chi connectivity index (χ3v) is 3.90. The first kappa shape index (κ1) is 12.8. The summed E-state index contributed by atoms with van der Waals surface area (Å²) >= 11 is 3.58. The van der Waals surface area contributed by atoms with Gasteiger partial charge in [-0.2, -0.15) is 0 Å². The van der Waals surface area contributed by atoms with Crippen LogP contribution in [0.2, 0.25) is 0 Å². The molecule has 1 aliphatic carbocycles. The van der Waals surface area contributed by atoms with E-state index in [1.807, 2.05) is 0 Å². The van der Waals surface area contributed by atoms with Gasteiger partial charge in [0.2, 0.25) is 0 Å². The highest BCUT2D eigenvalue weighted by molar-refractivity contribution is 9.10. The quantitative estimate of drug-likeness (QED) is 0.805. The lowest BCUT2D eigenvalue weighted by Crippen LogP contribution is -2.23. The number of hydrogen-bond donors (Lipinski definition) is 1. The van der Waals surface area contributed by atoms with Gasteiger partial charge < -0.3 is 5.32 Å². The summed E-state index contributed by atoms with van der Waals surface area (Å²) in [5.74, 6) is 0. The standard InChI is InChI=1S/C15H20BrN/c1-3-17-15(12-6-4-5-7-12)14-10-13(16)9-8-11(14)2/h6,8-10,15,17H,3-5,7H2,1-2H3. The van der Waals surface area contributed by atoms with Gasteiger partial charge in [0.25, 0.3) is 0 Å². The van der Waals surface area contributed by atoms with Gasteiger partial charge in [-0.05, 0) is 56.0 Å². The van der Waals surface area contributed by atoms with Crippen LogP contribution in [0.25, 0.3) is 0 Å². The molecule has 92 valence electrons. The van der Waals surface area contributed by atoms with Gasteiger partial charge in [0.15, 0.2) is 0 Å². The van der Waals surface area contributed by atoms with Gasteiger partial charge >= 0.3 is 0 Å². The summed E-state index contributed by atoms with van der Waals surface area (Å²) in [6.07, 6.45) is 6.20. The number of allylic oxidation sites excluding steroid dienone is 1. The second-order valence-electron chi connectivity index (χ2n) is 4.66. The van der Waals surface area contributed by atoms with Crippen LogP contribution in [-0.2, 0) is 0 Å². The molecule has 1 N–H and O–H groups in total. The first-order valence-corrected chi connectivity index (χ1v) is 7.20. The number of likely N-dealkylation sites (N-methyl/N-ethyl adjacent to an activating group) is 1. The summed E-state index contributed by atoms with van der Waals surface area (Å²) < 4.78 is 1.17. The maximum Gasteiger partial charge on any atom is 0.0538 e. The highest BCUT2D eigenvalue weighted by atomic mass is 79.9. The average molecular weight is 294 g/mol. The van der Waals surface area contributed by atoms with E-state index in [9.17, 15) is 0 Å². The molecule has 2 heteroatoms. The van der Waals surface area contributed by atoms with E-state index in [0.717, 1.165) is 6.54 Å². The van der Waals surface area contributed by atoms with E-state index >= 15 is 0 Å². The first-order valence-electron chi connectivity index (χ1n) is 6.40. The van der Waals surface area contributed by atoms with Crippen molar-refractivity contribution >= 4 is 15.9 Å². The molecule has 1 aliphatic rings. The van der Waals surface area contributed by atoms with Crippen LogP contribution >= 0.6 is 15.9 Å². The Morgan fingerprint density at radius 1 is 1.41 bits per heavy atom. The number of hydrogen-bond acceptors (Lipinski definition) is 1. The zero-order chi connectivity index (χ0) is 12.3. The monoisotopic (exact) mass is 293 g/mol. The minimum Gasteiger partial charge on any atom is -0.307 e. The normalized spacial score (nSPS) is 17.0. The molecule has 0 radical (unpaired) electrons. The van der Waals surface area contributed by atoms with Crippen molar-refractivity contribution in [3.8, 4) is 0 Å². The molecule has 0 saturated carbocycles. The Morgan fingerprint density at radius 3 is 2.88 bits per heavy atom. The fraction of sp³-hybridized carbons (Fsp3) is 0.467. The molecule has 0 spiro atoms. The van der Waals surface area contributed by atoms with Crippen molar-refractivity contribution in [2.45, 2.75) is 39.2 Å². The van der Waals surface area contributed by atoms with Crippen molar-refractivity contribution in [3.05, 3.63) is 45.4 Å². The maximum absolute atomic E-state index is 3.62. The van der Waals surface area contributed by atoms with E-state index < -0.39 is 0 Å². The Balaban J connectivity index is 2.34. The SMILES string of the molecule is CCNC(C1=CCCC1)c1cc(Br)ccc1C. The van der Waals surface area contributed by atoms with Gasteiger partial charge in [-0.25, -0.2) is 0 Å². The van der Waals surface area contributed by atoms with E-state index in [0.29, 0.717) is 6.04 Å². The molecular formula is C15H20BrN. The van der Waals surface area contributed by atoms with Crippen molar-refractivity contribution in [1.82, 2.24) is 5.32 Å². The van der Waals surface area contributed by atoms with E-state index in [-0.39, 0.29) is 0 Å². The van der Waals surface area contributed by atoms with E-state index in [2.05, 4.69) is 59.4 Å². The van der Waals surface area contributed by atoms with Gasteiger partial charge in [0, 0.05) is 4.47 Å². The highest BCUT2D eigenvalue weighted by Gasteiger charge is 2.19. The largest absolute Gasteiger partial charge is 0.307 e. The molecule has 1 atom stereocenters. The van der Waals surface area contributed by atoms with Crippen molar-refractivity contribution in [2.24, 2.45) is 0 Å². The van der Waals surface area contributed by atoms with Gasteiger partial charge in [0.1, 0.15) is 0 Å². The molecule has 0 amide bonds. The summed E-state index contributed by atoms with van der Waals surface area (Å²) in [7, 11) is 0. The topological polar surface area (TPSA) is 12.0 Å². The van der Waals surface area contributed by atoms with Gasteiger partial charge in [-0.3, -0.25) is 0 Å². The highest BCUT2D eigenvalue weighted by Crippen LogP contribution is 2.33. The molecule has 1 aromatic carbocycles. The van der Waals surface area contributed by atoms with E-state index in [1.54, 1.807) is 5.57 Å². The predicted molar refractivity (Wildman–Crippen MR) is 77.2 cm³/mol.